The van der Waals surface area contributed by atoms with Crippen LogP contribution in [0.5, 0.6) is 0 Å². The van der Waals surface area contributed by atoms with Gasteiger partial charge in [0.15, 0.2) is 0 Å². The van der Waals surface area contributed by atoms with Crippen molar-refractivity contribution in [2.24, 2.45) is 0 Å². The van der Waals surface area contributed by atoms with E-state index in [1.807, 2.05) is 16.8 Å². The molecule has 2 heterocycles. The van der Waals surface area contributed by atoms with Gasteiger partial charge in [-0.15, -0.1) is 0 Å². The largest absolute Gasteiger partial charge is 0.466 e. The fourth-order valence-electron chi connectivity index (χ4n) is 1.66. The van der Waals surface area contributed by atoms with Gasteiger partial charge in [0, 0.05) is 6.54 Å². The highest BCUT2D eigenvalue weighted by atomic mass is 32.1. The van der Waals surface area contributed by atoms with Gasteiger partial charge in [-0.05, 0) is 41.4 Å². The highest BCUT2D eigenvalue weighted by Gasteiger charge is 2.27. The van der Waals surface area contributed by atoms with Gasteiger partial charge in [-0.1, -0.05) is 0 Å². The molecule has 2 amide bonds. The molecule has 21 heavy (non-hydrogen) atoms. The van der Waals surface area contributed by atoms with Gasteiger partial charge in [0.2, 0.25) is 0 Å². The van der Waals surface area contributed by atoms with Crippen LogP contribution in [-0.4, -0.2) is 23.5 Å². The van der Waals surface area contributed by atoms with Crippen LogP contribution in [0.1, 0.15) is 18.2 Å². The van der Waals surface area contributed by atoms with Crippen LogP contribution in [0.4, 0.5) is 0 Å². The number of thiophene rings is 1. The highest BCUT2D eigenvalue weighted by Crippen LogP contribution is 2.19. The number of hydrogen-bond donors (Lipinski definition) is 3. The predicted molar refractivity (Wildman–Crippen MR) is 77.5 cm³/mol. The van der Waals surface area contributed by atoms with E-state index in [0.29, 0.717) is 12.3 Å². The Kier molecular flexibility index (Phi) is 4.77. The van der Waals surface area contributed by atoms with Crippen molar-refractivity contribution in [3.8, 4) is 0 Å². The molecule has 0 aliphatic heterocycles. The summed E-state index contributed by atoms with van der Waals surface area (Å²) in [6.07, 6.45) is 1.43. The normalized spacial score (nSPS) is 13.4. The maximum Gasteiger partial charge on any atom is 0.309 e. The molecule has 7 heteroatoms. The molecule has 1 unspecified atom stereocenters. The topological polar surface area (TPSA) is 91.6 Å². The summed E-state index contributed by atoms with van der Waals surface area (Å²) in [5.41, 5.74) is -0.434. The van der Waals surface area contributed by atoms with Gasteiger partial charge in [-0.25, -0.2) is 0 Å². The average molecular weight is 308 g/mol. The third-order valence-corrected chi connectivity index (χ3v) is 3.62. The fourth-order valence-corrected chi connectivity index (χ4v) is 2.33. The number of hydrogen-bond acceptors (Lipinski definition) is 5. The molecule has 2 rings (SSSR count). The van der Waals surface area contributed by atoms with E-state index < -0.39 is 17.4 Å². The van der Waals surface area contributed by atoms with Gasteiger partial charge < -0.3 is 20.2 Å². The summed E-state index contributed by atoms with van der Waals surface area (Å²) in [6, 6.07) is 5.10. The molecular formula is C14H16N2O4S. The molecule has 0 aromatic carbocycles. The highest BCUT2D eigenvalue weighted by molar-refractivity contribution is 7.07. The maximum atomic E-state index is 11.7. The van der Waals surface area contributed by atoms with Crippen molar-refractivity contribution in [3.63, 3.8) is 0 Å². The number of carbonyl (C=O) groups excluding carboxylic acids is 2. The van der Waals surface area contributed by atoms with Crippen LogP contribution in [0.25, 0.3) is 0 Å². The second-order valence-corrected chi connectivity index (χ2v) is 5.53. The summed E-state index contributed by atoms with van der Waals surface area (Å²) in [5.74, 6) is -1.21. The molecule has 0 saturated carbocycles. The summed E-state index contributed by atoms with van der Waals surface area (Å²) >= 11 is 1.52. The Morgan fingerprint density at radius 1 is 1.33 bits per heavy atom. The maximum absolute atomic E-state index is 11.7. The lowest BCUT2D eigenvalue weighted by molar-refractivity contribution is -0.140. The van der Waals surface area contributed by atoms with E-state index in [2.05, 4.69) is 10.6 Å². The molecular weight excluding hydrogens is 292 g/mol. The summed E-state index contributed by atoms with van der Waals surface area (Å²) in [5, 5.41) is 18.8. The third kappa shape index (κ3) is 4.17. The van der Waals surface area contributed by atoms with Crippen LogP contribution in [0.3, 0.4) is 0 Å². The SMILES string of the molecule is CC(O)(CNC(=O)C(=O)NCc1ccsc1)c1ccco1. The standard InChI is InChI=1S/C14H16N2O4S/c1-14(19,11-3-2-5-20-11)9-16-13(18)12(17)15-7-10-4-6-21-8-10/h2-6,8,19H,7,9H2,1H3,(H,15,17)(H,16,18). The van der Waals surface area contributed by atoms with Gasteiger partial charge in [-0.3, -0.25) is 9.59 Å². The lowest BCUT2D eigenvalue weighted by Gasteiger charge is -2.20. The molecule has 0 fully saturated rings. The smallest absolute Gasteiger partial charge is 0.309 e. The van der Waals surface area contributed by atoms with E-state index in [-0.39, 0.29) is 6.54 Å². The zero-order valence-electron chi connectivity index (χ0n) is 11.5. The van der Waals surface area contributed by atoms with Crippen molar-refractivity contribution in [2.75, 3.05) is 6.54 Å². The van der Waals surface area contributed by atoms with Crippen molar-refractivity contribution in [1.82, 2.24) is 10.6 Å². The van der Waals surface area contributed by atoms with Crippen molar-refractivity contribution in [2.45, 2.75) is 19.1 Å². The molecule has 3 N–H and O–H groups in total. The first-order valence-electron chi connectivity index (χ1n) is 6.32. The summed E-state index contributed by atoms with van der Waals surface area (Å²) in [6.45, 7) is 1.67. The number of carbonyl (C=O) groups is 2. The van der Waals surface area contributed by atoms with Gasteiger partial charge >= 0.3 is 11.8 Å². The van der Waals surface area contributed by atoms with E-state index in [0.717, 1.165) is 5.56 Å². The zero-order chi connectivity index (χ0) is 15.3. The lowest BCUT2D eigenvalue weighted by atomic mass is 10.0. The second kappa shape index (κ2) is 6.55. The molecule has 0 bridgehead atoms. The van der Waals surface area contributed by atoms with Crippen molar-refractivity contribution in [1.29, 1.82) is 0 Å². The number of rotatable bonds is 5. The number of nitrogens with one attached hydrogen (secondary N) is 2. The number of furan rings is 1. The van der Waals surface area contributed by atoms with E-state index in [1.165, 1.54) is 24.5 Å². The molecule has 2 aromatic rings. The summed E-state index contributed by atoms with van der Waals surface area (Å²) < 4.78 is 5.09. The molecule has 0 spiro atoms. The average Bonchev–Trinajstić information content (AvgIpc) is 3.14. The van der Waals surface area contributed by atoms with E-state index in [9.17, 15) is 14.7 Å². The molecule has 0 aliphatic carbocycles. The quantitative estimate of drug-likeness (QED) is 0.718. The van der Waals surface area contributed by atoms with Crippen LogP contribution >= 0.6 is 11.3 Å². The Morgan fingerprint density at radius 3 is 2.71 bits per heavy atom. The summed E-state index contributed by atoms with van der Waals surface area (Å²) in [4.78, 5) is 23.3. The lowest BCUT2D eigenvalue weighted by Crippen LogP contribution is -2.45. The fraction of sp³-hybridized carbons (Fsp3) is 0.286. The molecule has 2 aromatic heterocycles. The van der Waals surface area contributed by atoms with Gasteiger partial charge in [0.25, 0.3) is 0 Å². The first kappa shape index (κ1) is 15.3. The first-order chi connectivity index (χ1) is 9.99. The van der Waals surface area contributed by atoms with Gasteiger partial charge in [0.1, 0.15) is 11.4 Å². The Hall–Kier alpha value is -2.12. The van der Waals surface area contributed by atoms with E-state index in [1.54, 1.807) is 12.1 Å². The molecule has 112 valence electrons. The Morgan fingerprint density at radius 2 is 2.10 bits per heavy atom. The van der Waals surface area contributed by atoms with Crippen LogP contribution < -0.4 is 10.6 Å². The minimum absolute atomic E-state index is 0.120. The van der Waals surface area contributed by atoms with Crippen molar-refractivity contribution < 1.29 is 19.1 Å². The molecule has 0 aliphatic rings. The van der Waals surface area contributed by atoms with Gasteiger partial charge in [0.05, 0.1) is 12.8 Å². The minimum Gasteiger partial charge on any atom is -0.466 e. The minimum atomic E-state index is -1.37. The Labute approximate surface area is 125 Å². The van der Waals surface area contributed by atoms with Crippen LogP contribution in [0, 0.1) is 0 Å². The monoisotopic (exact) mass is 308 g/mol. The first-order valence-corrected chi connectivity index (χ1v) is 7.27. The Balaban J connectivity index is 1.80. The second-order valence-electron chi connectivity index (χ2n) is 4.75. The number of aliphatic hydroxyl groups is 1. The zero-order valence-corrected chi connectivity index (χ0v) is 12.3. The number of amides is 2. The van der Waals surface area contributed by atoms with Crippen LogP contribution in [-0.2, 0) is 21.7 Å². The van der Waals surface area contributed by atoms with Gasteiger partial charge in [-0.2, -0.15) is 11.3 Å². The molecule has 6 nitrogen and oxygen atoms in total. The van der Waals surface area contributed by atoms with E-state index >= 15 is 0 Å². The predicted octanol–water partition coefficient (Wildman–Crippen LogP) is 0.981. The van der Waals surface area contributed by atoms with Crippen molar-refractivity contribution in [3.05, 3.63) is 46.5 Å². The molecule has 1 atom stereocenters. The third-order valence-electron chi connectivity index (χ3n) is 2.88. The molecule has 0 saturated heterocycles. The Bertz CT molecular complexity index is 591. The molecule has 0 radical (unpaired) electrons. The van der Waals surface area contributed by atoms with Crippen LogP contribution in [0.2, 0.25) is 0 Å². The van der Waals surface area contributed by atoms with E-state index in [4.69, 9.17) is 4.42 Å². The summed E-state index contributed by atoms with van der Waals surface area (Å²) in [7, 11) is 0. The van der Waals surface area contributed by atoms with Crippen LogP contribution in [0.15, 0.2) is 39.6 Å². The van der Waals surface area contributed by atoms with Crippen molar-refractivity contribution >= 4 is 23.2 Å².